The maximum absolute atomic E-state index is 14.1. The number of nitrogens with one attached hydrogen (secondary N) is 1. The fourth-order valence-electron chi connectivity index (χ4n) is 4.55. The van der Waals surface area contributed by atoms with E-state index in [0.717, 1.165) is 16.9 Å². The Labute approximate surface area is 248 Å². The van der Waals surface area contributed by atoms with Crippen LogP contribution in [0.1, 0.15) is 17.0 Å². The predicted octanol–water partition coefficient (Wildman–Crippen LogP) is 3.94. The van der Waals surface area contributed by atoms with Crippen LogP contribution in [-0.2, 0) is 14.3 Å². The first-order chi connectivity index (χ1) is 19.7. The van der Waals surface area contributed by atoms with Crippen molar-refractivity contribution < 1.29 is 19.1 Å². The number of anilines is 1. The Morgan fingerprint density at radius 2 is 1.54 bits per heavy atom. The van der Waals surface area contributed by atoms with Crippen molar-refractivity contribution in [3.8, 4) is 5.75 Å². The van der Waals surface area contributed by atoms with E-state index in [4.69, 9.17) is 38.4 Å². The molecule has 0 radical (unpaired) electrons. The summed E-state index contributed by atoms with van der Waals surface area (Å²) in [7, 11) is 2.76. The number of amides is 1. The van der Waals surface area contributed by atoms with E-state index >= 15 is 0 Å². The first-order valence-electron chi connectivity index (χ1n) is 12.2. The van der Waals surface area contributed by atoms with E-state index in [-0.39, 0.29) is 21.6 Å². The number of nitrogens with zero attached hydrogens (tertiary/aromatic N) is 1. The molecule has 1 unspecified atom stereocenters. The van der Waals surface area contributed by atoms with Crippen LogP contribution in [0, 0.1) is 0 Å². The highest BCUT2D eigenvalue weighted by molar-refractivity contribution is 7.07. The van der Waals surface area contributed by atoms with Gasteiger partial charge in [0.2, 0.25) is 0 Å². The molecule has 0 spiro atoms. The standard InChI is InChI=1S/C30H23Cl2N3O5S/c1-39-21-13-11-20(12-14-21)34-27(36)25-23(17-5-9-19(32)10-6-17)24(30(38)40-2)26(33)35-28(37)22(41-29(25)35)15-16-3-7-18(31)8-4-16/h3-15,23H,33H2,1-2H3,(H,34,36)/b22-15+. The molecular formula is C30H23Cl2N3O5S. The van der Waals surface area contributed by atoms with Crippen LogP contribution in [0.2, 0.25) is 10.0 Å². The first-order valence-corrected chi connectivity index (χ1v) is 13.8. The minimum Gasteiger partial charge on any atom is -0.497 e. The predicted molar refractivity (Wildman–Crippen MR) is 161 cm³/mol. The maximum atomic E-state index is 14.1. The van der Waals surface area contributed by atoms with Gasteiger partial charge in [-0.1, -0.05) is 47.5 Å². The van der Waals surface area contributed by atoms with E-state index in [1.165, 1.54) is 11.7 Å². The Bertz CT molecular complexity index is 1860. The molecule has 0 bridgehead atoms. The second-order valence-electron chi connectivity index (χ2n) is 8.98. The number of hydrogen-bond donors (Lipinski definition) is 2. The number of thiazole rings is 1. The molecule has 0 fully saturated rings. The lowest BCUT2D eigenvalue weighted by Gasteiger charge is -2.27. The summed E-state index contributed by atoms with van der Waals surface area (Å²) in [6, 6.07) is 20.4. The Hall–Kier alpha value is -4.31. The summed E-state index contributed by atoms with van der Waals surface area (Å²) < 4.78 is 12.1. The number of hydrogen-bond acceptors (Lipinski definition) is 7. The molecule has 1 atom stereocenters. The average Bonchev–Trinajstić information content (AvgIpc) is 3.29. The summed E-state index contributed by atoms with van der Waals surface area (Å²) in [4.78, 5) is 41.0. The van der Waals surface area contributed by atoms with Crippen molar-refractivity contribution in [3.63, 3.8) is 0 Å². The van der Waals surface area contributed by atoms with Crippen LogP contribution in [-0.4, -0.2) is 30.7 Å². The number of nitrogens with two attached hydrogens (primary N) is 1. The molecule has 1 aliphatic heterocycles. The third kappa shape index (κ3) is 5.52. The summed E-state index contributed by atoms with van der Waals surface area (Å²) in [5.74, 6) is -1.77. The number of carbonyl (C=O) groups excluding carboxylic acids is 2. The van der Waals surface area contributed by atoms with E-state index in [9.17, 15) is 14.4 Å². The van der Waals surface area contributed by atoms with Gasteiger partial charge in [-0.05, 0) is 65.7 Å². The third-order valence-electron chi connectivity index (χ3n) is 6.52. The number of fused-ring (bicyclic) bond motifs is 1. The third-order valence-corrected chi connectivity index (χ3v) is 8.13. The van der Waals surface area contributed by atoms with Crippen LogP contribution in [0.25, 0.3) is 17.5 Å². The average molecular weight is 609 g/mol. The summed E-state index contributed by atoms with van der Waals surface area (Å²) >= 11 is 13.3. The van der Waals surface area contributed by atoms with Gasteiger partial charge >= 0.3 is 5.97 Å². The van der Waals surface area contributed by atoms with Crippen molar-refractivity contribution in [2.75, 3.05) is 19.5 Å². The Morgan fingerprint density at radius 1 is 0.927 bits per heavy atom. The van der Waals surface area contributed by atoms with Crippen LogP contribution in [0.15, 0.2) is 83.2 Å². The summed E-state index contributed by atoms with van der Waals surface area (Å²) in [6.07, 6.45) is 1.68. The number of aromatic nitrogens is 1. The van der Waals surface area contributed by atoms with Crippen LogP contribution in [0.3, 0.4) is 0 Å². The van der Waals surface area contributed by atoms with Gasteiger partial charge in [0.05, 0.1) is 35.8 Å². The SMILES string of the molecule is COC(=O)C1=C(N)n2c(s/c(=C/c3ccc(Cl)cc3)c2=O)=C(C(=O)Nc2ccc(OC)cc2)C1c1ccc(Cl)cc1. The molecule has 1 aliphatic rings. The summed E-state index contributed by atoms with van der Waals surface area (Å²) in [5, 5.41) is 3.91. The molecule has 1 amide bonds. The van der Waals surface area contributed by atoms with E-state index < -0.39 is 23.4 Å². The molecule has 208 valence electrons. The van der Waals surface area contributed by atoms with Crippen molar-refractivity contribution >= 4 is 69.6 Å². The van der Waals surface area contributed by atoms with Gasteiger partial charge in [0.25, 0.3) is 11.5 Å². The van der Waals surface area contributed by atoms with Gasteiger partial charge in [-0.3, -0.25) is 14.2 Å². The zero-order chi connectivity index (χ0) is 29.3. The van der Waals surface area contributed by atoms with Gasteiger partial charge < -0.3 is 20.5 Å². The van der Waals surface area contributed by atoms with Crippen molar-refractivity contribution in [2.45, 2.75) is 5.92 Å². The number of rotatable bonds is 6. The Morgan fingerprint density at radius 3 is 2.12 bits per heavy atom. The van der Waals surface area contributed by atoms with Crippen LogP contribution < -0.4 is 30.5 Å². The quantitative estimate of drug-likeness (QED) is 0.321. The fraction of sp³-hybridized carbons (Fsp3) is 0.100. The molecule has 3 aromatic carbocycles. The molecule has 5 rings (SSSR count). The molecular weight excluding hydrogens is 585 g/mol. The zero-order valence-electron chi connectivity index (χ0n) is 21.8. The molecule has 2 heterocycles. The second kappa shape index (κ2) is 11.7. The molecule has 8 nitrogen and oxygen atoms in total. The molecule has 0 aliphatic carbocycles. The van der Waals surface area contributed by atoms with Crippen molar-refractivity contribution in [1.29, 1.82) is 0 Å². The van der Waals surface area contributed by atoms with E-state index in [0.29, 0.717) is 31.6 Å². The fourth-order valence-corrected chi connectivity index (χ4v) is 5.98. The number of halogens is 2. The van der Waals surface area contributed by atoms with E-state index in [1.807, 2.05) is 0 Å². The topological polar surface area (TPSA) is 113 Å². The normalized spacial score (nSPS) is 15.0. The van der Waals surface area contributed by atoms with Gasteiger partial charge in [-0.15, -0.1) is 11.3 Å². The highest BCUT2D eigenvalue weighted by atomic mass is 35.5. The molecule has 3 N–H and O–H groups in total. The smallest absolute Gasteiger partial charge is 0.338 e. The molecule has 1 aromatic heterocycles. The number of benzene rings is 3. The van der Waals surface area contributed by atoms with Crippen LogP contribution in [0.4, 0.5) is 5.69 Å². The summed E-state index contributed by atoms with van der Waals surface area (Å²) in [5.41, 5.74) is 7.93. The minimum absolute atomic E-state index is 0.0415. The Kier molecular flexibility index (Phi) is 8.03. The van der Waals surface area contributed by atoms with Crippen molar-refractivity contribution in [2.24, 2.45) is 5.73 Å². The van der Waals surface area contributed by atoms with Gasteiger partial charge in [-0.2, -0.15) is 0 Å². The second-order valence-corrected chi connectivity index (χ2v) is 10.9. The highest BCUT2D eigenvalue weighted by Crippen LogP contribution is 2.38. The highest BCUT2D eigenvalue weighted by Gasteiger charge is 2.39. The van der Waals surface area contributed by atoms with E-state index in [2.05, 4.69) is 5.32 Å². The lowest BCUT2D eigenvalue weighted by atomic mass is 9.82. The number of ether oxygens (including phenoxy) is 2. The Balaban J connectivity index is 1.80. The van der Waals surface area contributed by atoms with Crippen LogP contribution >= 0.6 is 34.5 Å². The van der Waals surface area contributed by atoms with Crippen molar-refractivity contribution in [1.82, 2.24) is 4.57 Å². The minimum atomic E-state index is -0.959. The van der Waals surface area contributed by atoms with Gasteiger partial charge in [-0.25, -0.2) is 4.79 Å². The number of methoxy groups -OCH3 is 2. The molecule has 11 heteroatoms. The van der Waals surface area contributed by atoms with Gasteiger partial charge in [0, 0.05) is 15.7 Å². The lowest BCUT2D eigenvalue weighted by molar-refractivity contribution is -0.136. The van der Waals surface area contributed by atoms with Gasteiger partial charge in [0.1, 0.15) is 16.2 Å². The summed E-state index contributed by atoms with van der Waals surface area (Å²) in [6.45, 7) is 0. The zero-order valence-corrected chi connectivity index (χ0v) is 24.1. The first kappa shape index (κ1) is 28.2. The lowest BCUT2D eigenvalue weighted by Crippen LogP contribution is -2.42. The number of esters is 1. The monoisotopic (exact) mass is 607 g/mol. The molecule has 4 aromatic rings. The largest absolute Gasteiger partial charge is 0.497 e. The van der Waals surface area contributed by atoms with Crippen LogP contribution in [0.5, 0.6) is 5.75 Å². The molecule has 0 saturated carbocycles. The van der Waals surface area contributed by atoms with Crippen molar-refractivity contribution in [3.05, 3.63) is 119 Å². The number of carbonyl (C=O) groups is 2. The molecule has 0 saturated heterocycles. The van der Waals surface area contributed by atoms with Gasteiger partial charge in [0.15, 0.2) is 0 Å². The molecule has 41 heavy (non-hydrogen) atoms. The maximum Gasteiger partial charge on any atom is 0.338 e. The van der Waals surface area contributed by atoms with E-state index in [1.54, 1.807) is 86.0 Å².